The van der Waals surface area contributed by atoms with Crippen LogP contribution in [0.15, 0.2) is 29.2 Å². The largest absolute Gasteiger partial charge is 0.465 e. The minimum atomic E-state index is -1.35. The van der Waals surface area contributed by atoms with Crippen LogP contribution in [0.1, 0.15) is 11.9 Å². The summed E-state index contributed by atoms with van der Waals surface area (Å²) in [7, 11) is 0. The molecule has 0 saturated carbocycles. The van der Waals surface area contributed by atoms with Crippen molar-refractivity contribution in [3.63, 3.8) is 0 Å². The molecule has 0 spiro atoms. The number of halogens is 1. The van der Waals surface area contributed by atoms with E-state index in [4.69, 9.17) is 16.7 Å². The zero-order chi connectivity index (χ0) is 17.5. The van der Waals surface area contributed by atoms with Crippen molar-refractivity contribution in [1.82, 2.24) is 25.8 Å². The molecule has 4 N–H and O–H groups in total. The Hall–Kier alpha value is -3.21. The van der Waals surface area contributed by atoms with Gasteiger partial charge in [-0.05, 0) is 12.1 Å². The fourth-order valence-corrected chi connectivity index (χ4v) is 1.70. The van der Waals surface area contributed by atoms with E-state index in [1.165, 1.54) is 18.3 Å². The molecule has 2 rings (SSSR count). The topological polar surface area (TPSA) is 159 Å². The zero-order valence-electron chi connectivity index (χ0n) is 11.9. The zero-order valence-corrected chi connectivity index (χ0v) is 12.6. The number of nitrogens with one attached hydrogen (secondary N) is 3. The first-order valence-corrected chi connectivity index (χ1v) is 6.80. The summed E-state index contributed by atoms with van der Waals surface area (Å²) < 4.78 is 4.51. The Labute approximate surface area is 139 Å². The van der Waals surface area contributed by atoms with Crippen LogP contribution in [0.2, 0.25) is 5.02 Å². The molecule has 12 heteroatoms. The number of carbonyl (C=O) groups excluding carboxylic acids is 2. The minimum absolute atomic E-state index is 0.0116. The molecule has 2 aromatic heterocycles. The highest BCUT2D eigenvalue weighted by Crippen LogP contribution is 2.09. The van der Waals surface area contributed by atoms with Crippen LogP contribution in [0.3, 0.4) is 0 Å². The molecule has 2 aromatic rings. The van der Waals surface area contributed by atoms with Crippen LogP contribution in [0.5, 0.6) is 0 Å². The van der Waals surface area contributed by atoms with Crippen molar-refractivity contribution in [2.75, 3.05) is 11.9 Å². The SMILES string of the molecule is O=C(O)N[C@@H](CNC(=O)C(=O)Nc1ccc(Cl)cn1)c1ncon1. The maximum atomic E-state index is 11.8. The Kier molecular flexibility index (Phi) is 5.63. The van der Waals surface area contributed by atoms with Gasteiger partial charge in [0.15, 0.2) is 5.82 Å². The summed E-state index contributed by atoms with van der Waals surface area (Å²) in [6, 6.07) is 1.93. The van der Waals surface area contributed by atoms with Crippen LogP contribution in [-0.2, 0) is 9.59 Å². The summed E-state index contributed by atoms with van der Waals surface area (Å²) in [6.07, 6.45) is 0.957. The molecule has 0 aromatic carbocycles. The number of nitrogens with zero attached hydrogens (tertiary/aromatic N) is 3. The Balaban J connectivity index is 1.91. The van der Waals surface area contributed by atoms with Crippen molar-refractivity contribution in [2.24, 2.45) is 0 Å². The molecule has 0 aliphatic carbocycles. The van der Waals surface area contributed by atoms with Crippen molar-refractivity contribution < 1.29 is 24.0 Å². The molecule has 0 aliphatic heterocycles. The Bertz CT molecular complexity index is 720. The molecule has 0 fully saturated rings. The van der Waals surface area contributed by atoms with E-state index >= 15 is 0 Å². The standard InChI is InChI=1S/C12H11ClN6O5/c13-6-1-2-8(14-3-6)18-11(21)10(20)15-4-7(17-12(22)23)9-16-5-24-19-9/h1-3,5,7,17H,4H2,(H,15,20)(H,22,23)(H,14,18,21)/t7-/m0/s1. The highest BCUT2D eigenvalue weighted by molar-refractivity contribution is 6.39. The normalized spacial score (nSPS) is 11.4. The number of carboxylic acid groups (broad SMARTS) is 1. The summed E-state index contributed by atoms with van der Waals surface area (Å²) in [5.74, 6) is -1.82. The van der Waals surface area contributed by atoms with Gasteiger partial charge in [-0.2, -0.15) is 4.98 Å². The van der Waals surface area contributed by atoms with E-state index in [9.17, 15) is 14.4 Å². The predicted molar refractivity (Wildman–Crippen MR) is 79.1 cm³/mol. The lowest BCUT2D eigenvalue weighted by atomic mass is 10.2. The van der Waals surface area contributed by atoms with E-state index in [1.807, 2.05) is 0 Å². The molecule has 0 unspecified atom stereocenters. The molecule has 1 atom stereocenters. The molecule has 24 heavy (non-hydrogen) atoms. The van der Waals surface area contributed by atoms with Crippen LogP contribution in [0, 0.1) is 0 Å². The highest BCUT2D eigenvalue weighted by atomic mass is 35.5. The van der Waals surface area contributed by atoms with Gasteiger partial charge in [0.2, 0.25) is 6.39 Å². The van der Waals surface area contributed by atoms with Gasteiger partial charge in [0.05, 0.1) is 5.02 Å². The number of carbonyl (C=O) groups is 3. The number of amides is 3. The van der Waals surface area contributed by atoms with Gasteiger partial charge in [-0.25, -0.2) is 9.78 Å². The number of aromatic nitrogens is 3. The van der Waals surface area contributed by atoms with Gasteiger partial charge in [0.1, 0.15) is 11.9 Å². The van der Waals surface area contributed by atoms with Crippen LogP contribution < -0.4 is 16.0 Å². The third-order valence-corrected chi connectivity index (χ3v) is 2.85. The predicted octanol–water partition coefficient (Wildman–Crippen LogP) is 0.182. The highest BCUT2D eigenvalue weighted by Gasteiger charge is 2.21. The van der Waals surface area contributed by atoms with E-state index in [-0.39, 0.29) is 18.2 Å². The molecule has 2 heterocycles. The van der Waals surface area contributed by atoms with Gasteiger partial charge >= 0.3 is 17.9 Å². The van der Waals surface area contributed by atoms with Gasteiger partial charge < -0.3 is 25.6 Å². The second kappa shape index (κ2) is 7.87. The summed E-state index contributed by atoms with van der Waals surface area (Å²) in [5.41, 5.74) is 0. The fourth-order valence-electron chi connectivity index (χ4n) is 1.59. The second-order valence-electron chi connectivity index (χ2n) is 4.32. The molecule has 0 aliphatic rings. The van der Waals surface area contributed by atoms with Gasteiger partial charge in [0.25, 0.3) is 0 Å². The minimum Gasteiger partial charge on any atom is -0.465 e. The Morgan fingerprint density at radius 1 is 1.25 bits per heavy atom. The van der Waals surface area contributed by atoms with Crippen molar-refractivity contribution >= 4 is 35.3 Å². The van der Waals surface area contributed by atoms with Crippen molar-refractivity contribution in [1.29, 1.82) is 0 Å². The van der Waals surface area contributed by atoms with Crippen molar-refractivity contribution in [2.45, 2.75) is 6.04 Å². The van der Waals surface area contributed by atoms with Gasteiger partial charge in [-0.15, -0.1) is 0 Å². The molecular weight excluding hydrogens is 344 g/mol. The summed E-state index contributed by atoms with van der Waals surface area (Å²) in [4.78, 5) is 41.7. The average molecular weight is 355 g/mol. The molecular formula is C12H11ClN6O5. The first kappa shape index (κ1) is 17.1. The van der Waals surface area contributed by atoms with Gasteiger partial charge in [-0.3, -0.25) is 9.59 Å². The second-order valence-corrected chi connectivity index (χ2v) is 4.75. The number of anilines is 1. The molecule has 126 valence electrons. The van der Waals surface area contributed by atoms with E-state index in [0.29, 0.717) is 5.02 Å². The van der Waals surface area contributed by atoms with Gasteiger partial charge in [-0.1, -0.05) is 16.8 Å². The van der Waals surface area contributed by atoms with Crippen LogP contribution >= 0.6 is 11.6 Å². The fraction of sp³-hybridized carbons (Fsp3) is 0.167. The third kappa shape index (κ3) is 4.91. The summed E-state index contributed by atoms with van der Waals surface area (Å²) in [5, 5.41) is 19.2. The monoisotopic (exact) mass is 354 g/mol. The first-order valence-electron chi connectivity index (χ1n) is 6.42. The number of pyridine rings is 1. The maximum absolute atomic E-state index is 11.8. The molecule has 3 amide bonds. The van der Waals surface area contributed by atoms with Crippen LogP contribution in [0.4, 0.5) is 10.6 Å². The molecule has 0 bridgehead atoms. The third-order valence-electron chi connectivity index (χ3n) is 2.63. The van der Waals surface area contributed by atoms with E-state index in [1.54, 1.807) is 0 Å². The van der Waals surface area contributed by atoms with Gasteiger partial charge in [0, 0.05) is 12.7 Å². The molecule has 0 saturated heterocycles. The lowest BCUT2D eigenvalue weighted by Gasteiger charge is -2.13. The van der Waals surface area contributed by atoms with Crippen LogP contribution in [-0.4, -0.2) is 44.7 Å². The van der Waals surface area contributed by atoms with Crippen molar-refractivity contribution in [3.8, 4) is 0 Å². The summed E-state index contributed by atoms with van der Waals surface area (Å²) in [6.45, 7) is -0.258. The van der Waals surface area contributed by atoms with E-state index in [0.717, 1.165) is 6.39 Å². The van der Waals surface area contributed by atoms with E-state index in [2.05, 4.69) is 35.6 Å². The smallest absolute Gasteiger partial charge is 0.405 e. The lowest BCUT2D eigenvalue weighted by Crippen LogP contribution is -2.42. The quantitative estimate of drug-likeness (QED) is 0.553. The Morgan fingerprint density at radius 3 is 2.62 bits per heavy atom. The lowest BCUT2D eigenvalue weighted by molar-refractivity contribution is -0.136. The average Bonchev–Trinajstić information content (AvgIpc) is 3.07. The first-order chi connectivity index (χ1) is 11.5. The molecule has 0 radical (unpaired) electrons. The van der Waals surface area contributed by atoms with E-state index < -0.39 is 23.9 Å². The maximum Gasteiger partial charge on any atom is 0.405 e. The Morgan fingerprint density at radius 2 is 2.04 bits per heavy atom. The van der Waals surface area contributed by atoms with Crippen molar-refractivity contribution in [3.05, 3.63) is 35.6 Å². The number of hydrogen-bond donors (Lipinski definition) is 4. The number of rotatable bonds is 5. The summed E-state index contributed by atoms with van der Waals surface area (Å²) >= 11 is 5.66. The molecule has 11 nitrogen and oxygen atoms in total. The van der Waals surface area contributed by atoms with Crippen LogP contribution in [0.25, 0.3) is 0 Å². The number of hydrogen-bond acceptors (Lipinski definition) is 7.